The summed E-state index contributed by atoms with van der Waals surface area (Å²) in [5, 5.41) is 3.86. The lowest BCUT2D eigenvalue weighted by Crippen LogP contribution is -2.53. The molecule has 31 heavy (non-hydrogen) atoms. The molecule has 0 aliphatic carbocycles. The number of carbonyl (C=O) groups excluding carboxylic acids is 2. The van der Waals surface area contributed by atoms with Crippen LogP contribution in [0.1, 0.15) is 16.1 Å². The molecule has 10 heteroatoms. The lowest BCUT2D eigenvalue weighted by atomic mass is 10.0. The minimum Gasteiger partial charge on any atom is -0.349 e. The van der Waals surface area contributed by atoms with Crippen LogP contribution in [-0.2, 0) is 21.1 Å². The van der Waals surface area contributed by atoms with Gasteiger partial charge in [0.05, 0.1) is 23.2 Å². The van der Waals surface area contributed by atoms with Crippen LogP contribution in [0.25, 0.3) is 10.9 Å². The second-order valence-corrected chi connectivity index (χ2v) is 10.2. The van der Waals surface area contributed by atoms with Gasteiger partial charge in [0, 0.05) is 24.9 Å². The van der Waals surface area contributed by atoms with Crippen molar-refractivity contribution in [3.05, 3.63) is 65.1 Å². The highest BCUT2D eigenvalue weighted by Crippen LogP contribution is 2.18. The van der Waals surface area contributed by atoms with Gasteiger partial charge in [0.1, 0.15) is 16.9 Å². The Labute approximate surface area is 184 Å². The monoisotopic (exact) mass is 460 g/mol. The Kier molecular flexibility index (Phi) is 5.97. The lowest BCUT2D eigenvalue weighted by molar-refractivity contribution is -0.132. The van der Waals surface area contributed by atoms with E-state index in [-0.39, 0.29) is 36.2 Å². The average Bonchev–Trinajstić information content (AvgIpc) is 3.17. The maximum Gasteiger partial charge on any atom is 0.268 e. The second-order valence-electron chi connectivity index (χ2n) is 7.47. The molecule has 0 saturated carbocycles. The Morgan fingerprint density at radius 1 is 1.16 bits per heavy atom. The Bertz CT molecular complexity index is 1210. The van der Waals surface area contributed by atoms with Gasteiger partial charge >= 0.3 is 0 Å². The molecule has 162 valence electrons. The maximum absolute atomic E-state index is 13.2. The highest BCUT2D eigenvalue weighted by molar-refractivity contribution is 7.91. The fraction of sp³-hybridized carbons (Fsp3) is 0.286. The summed E-state index contributed by atoms with van der Waals surface area (Å²) < 4.78 is 23.5. The number of sulfone groups is 1. The second kappa shape index (κ2) is 8.68. The topological polar surface area (TPSA) is 112 Å². The van der Waals surface area contributed by atoms with Gasteiger partial charge < -0.3 is 15.2 Å². The summed E-state index contributed by atoms with van der Waals surface area (Å²) >= 11 is 5.91. The van der Waals surface area contributed by atoms with Crippen molar-refractivity contribution in [1.29, 1.82) is 0 Å². The molecule has 4 rings (SSSR count). The van der Waals surface area contributed by atoms with Crippen molar-refractivity contribution in [2.24, 2.45) is 0 Å². The zero-order valence-corrected chi connectivity index (χ0v) is 18.1. The van der Waals surface area contributed by atoms with Crippen molar-refractivity contribution >= 4 is 44.2 Å². The summed E-state index contributed by atoms with van der Waals surface area (Å²) in [6.45, 7) is 0.248. The molecule has 0 spiro atoms. The van der Waals surface area contributed by atoms with Crippen molar-refractivity contribution in [2.45, 2.75) is 12.5 Å². The maximum atomic E-state index is 13.2. The first-order valence-corrected chi connectivity index (χ1v) is 12.0. The molecule has 3 heterocycles. The number of benzene rings is 1. The minimum atomic E-state index is -3.12. The van der Waals surface area contributed by atoms with E-state index in [0.29, 0.717) is 17.1 Å². The number of hydrogen-bond acceptors (Lipinski definition) is 5. The molecule has 2 amide bonds. The minimum absolute atomic E-state index is 0.0689. The smallest absolute Gasteiger partial charge is 0.268 e. The van der Waals surface area contributed by atoms with Crippen LogP contribution >= 0.6 is 11.6 Å². The fourth-order valence-corrected chi connectivity index (χ4v) is 4.93. The number of aromatic nitrogens is 2. The molecule has 1 atom stereocenters. The highest BCUT2D eigenvalue weighted by atomic mass is 35.5. The normalized spacial score (nSPS) is 16.7. The molecule has 1 aliphatic rings. The van der Waals surface area contributed by atoms with E-state index in [9.17, 15) is 18.0 Å². The number of rotatable bonds is 5. The quantitative estimate of drug-likeness (QED) is 0.564. The number of nitrogens with zero attached hydrogens (tertiary/aromatic N) is 2. The van der Waals surface area contributed by atoms with Gasteiger partial charge in [0.25, 0.3) is 5.91 Å². The van der Waals surface area contributed by atoms with Gasteiger partial charge in [-0.15, -0.1) is 0 Å². The van der Waals surface area contributed by atoms with E-state index in [2.05, 4.69) is 15.3 Å². The lowest BCUT2D eigenvalue weighted by Gasteiger charge is -2.30. The number of carbonyl (C=O) groups is 2. The standard InChI is InChI=1S/C21H21ClN4O4S/c22-19-12-15-11-16(24-18(15)13-23-19)20(27)25-17(10-14-4-2-1-3-5-14)21(28)26-6-8-31(29,30)9-7-26/h1-5,11-13,17,24H,6-10H2,(H,25,27)/t17-/m0/s1. The molecule has 1 fully saturated rings. The van der Waals surface area contributed by atoms with Gasteiger partial charge in [-0.25, -0.2) is 13.4 Å². The van der Waals surface area contributed by atoms with Gasteiger partial charge in [-0.2, -0.15) is 0 Å². The Morgan fingerprint density at radius 3 is 2.58 bits per heavy atom. The van der Waals surface area contributed by atoms with Gasteiger partial charge in [0.2, 0.25) is 5.91 Å². The van der Waals surface area contributed by atoms with E-state index in [0.717, 1.165) is 10.9 Å². The Balaban J connectivity index is 1.55. The summed E-state index contributed by atoms with van der Waals surface area (Å²) in [6, 6.07) is 11.8. The number of pyridine rings is 1. The van der Waals surface area contributed by atoms with E-state index < -0.39 is 21.8 Å². The number of hydrogen-bond donors (Lipinski definition) is 2. The van der Waals surface area contributed by atoms with Gasteiger partial charge in [-0.3, -0.25) is 9.59 Å². The largest absolute Gasteiger partial charge is 0.349 e. The zero-order chi connectivity index (χ0) is 22.0. The Hall–Kier alpha value is -2.91. The molecule has 0 unspecified atom stereocenters. The molecule has 8 nitrogen and oxygen atoms in total. The summed E-state index contributed by atoms with van der Waals surface area (Å²) in [7, 11) is -3.12. The summed E-state index contributed by atoms with van der Waals surface area (Å²) in [6.07, 6.45) is 1.83. The van der Waals surface area contributed by atoms with Crippen molar-refractivity contribution in [3.8, 4) is 0 Å². The SMILES string of the molecule is O=C(N[C@@H](Cc1ccccc1)C(=O)N1CCS(=O)(=O)CC1)c1cc2cc(Cl)ncc2[nH]1. The third kappa shape index (κ3) is 5.05. The van der Waals surface area contributed by atoms with Crippen LogP contribution in [0, 0.1) is 0 Å². The number of fused-ring (bicyclic) bond motifs is 1. The Morgan fingerprint density at radius 2 is 1.87 bits per heavy atom. The number of nitrogens with one attached hydrogen (secondary N) is 2. The summed E-state index contributed by atoms with van der Waals surface area (Å²) in [5.74, 6) is -0.875. The number of H-pyrrole nitrogens is 1. The molecule has 2 N–H and O–H groups in total. The zero-order valence-electron chi connectivity index (χ0n) is 16.5. The van der Waals surface area contributed by atoms with Crippen LogP contribution in [0.2, 0.25) is 5.15 Å². The third-order valence-electron chi connectivity index (χ3n) is 5.26. The number of aromatic amines is 1. The van der Waals surface area contributed by atoms with Crippen LogP contribution in [0.3, 0.4) is 0 Å². The molecule has 2 aromatic heterocycles. The molecule has 1 aliphatic heterocycles. The van der Waals surface area contributed by atoms with Gasteiger partial charge in [0.15, 0.2) is 9.84 Å². The predicted octanol–water partition coefficient (Wildman–Crippen LogP) is 1.81. The first-order chi connectivity index (χ1) is 14.8. The van der Waals surface area contributed by atoms with E-state index in [1.807, 2.05) is 30.3 Å². The van der Waals surface area contributed by atoms with E-state index >= 15 is 0 Å². The van der Waals surface area contributed by atoms with E-state index in [4.69, 9.17) is 11.6 Å². The van der Waals surface area contributed by atoms with Crippen molar-refractivity contribution in [2.75, 3.05) is 24.6 Å². The first kappa shape index (κ1) is 21.3. The van der Waals surface area contributed by atoms with E-state index in [1.165, 1.54) is 11.1 Å². The molecular weight excluding hydrogens is 440 g/mol. The first-order valence-electron chi connectivity index (χ1n) is 9.79. The number of halogens is 1. The fourth-order valence-electron chi connectivity index (χ4n) is 3.57. The van der Waals surface area contributed by atoms with E-state index in [1.54, 1.807) is 12.1 Å². The summed E-state index contributed by atoms with van der Waals surface area (Å²) in [5.41, 5.74) is 1.83. The predicted molar refractivity (Wildman–Crippen MR) is 118 cm³/mol. The van der Waals surface area contributed by atoms with Crippen LogP contribution in [0.5, 0.6) is 0 Å². The molecule has 1 aromatic carbocycles. The third-order valence-corrected chi connectivity index (χ3v) is 7.07. The van der Waals surface area contributed by atoms with Crippen molar-refractivity contribution in [1.82, 2.24) is 20.2 Å². The molecule has 3 aromatic rings. The highest BCUT2D eigenvalue weighted by Gasteiger charge is 2.31. The molecular formula is C21H21ClN4O4S. The van der Waals surface area contributed by atoms with Gasteiger partial charge in [-0.05, 0) is 17.7 Å². The molecule has 0 bridgehead atoms. The van der Waals surface area contributed by atoms with Crippen LogP contribution in [0.4, 0.5) is 0 Å². The van der Waals surface area contributed by atoms with Crippen LogP contribution in [-0.4, -0.2) is 65.7 Å². The summed E-state index contributed by atoms with van der Waals surface area (Å²) in [4.78, 5) is 34.6. The van der Waals surface area contributed by atoms with Crippen LogP contribution < -0.4 is 5.32 Å². The van der Waals surface area contributed by atoms with Crippen molar-refractivity contribution in [3.63, 3.8) is 0 Å². The molecule has 0 radical (unpaired) electrons. The average molecular weight is 461 g/mol. The van der Waals surface area contributed by atoms with Gasteiger partial charge in [-0.1, -0.05) is 41.9 Å². The van der Waals surface area contributed by atoms with Crippen molar-refractivity contribution < 1.29 is 18.0 Å². The molecule has 1 saturated heterocycles. The number of amides is 2. The van der Waals surface area contributed by atoms with Crippen LogP contribution in [0.15, 0.2) is 48.7 Å².